The zero-order valence-corrected chi connectivity index (χ0v) is 12.6. The number of aryl methyl sites for hydroxylation is 2. The van der Waals surface area contributed by atoms with Crippen molar-refractivity contribution in [2.45, 2.75) is 26.7 Å². The lowest BCUT2D eigenvalue weighted by Crippen LogP contribution is -2.18. The van der Waals surface area contributed by atoms with Crippen molar-refractivity contribution >= 4 is 5.70 Å². The van der Waals surface area contributed by atoms with Crippen molar-refractivity contribution in [2.24, 2.45) is 7.05 Å². The van der Waals surface area contributed by atoms with E-state index in [1.54, 1.807) is 10.6 Å². The SMILES string of the molecule is Cc1nn(C)c(C)c1-c1ccc(=O)n(C2=CC=CCC2)c1. The summed E-state index contributed by atoms with van der Waals surface area (Å²) in [5.74, 6) is 0. The molecule has 0 unspecified atom stereocenters. The standard InChI is InChI=1S/C17H19N3O/c1-12-17(13(2)19(3)18-12)14-9-10-16(21)20(11-14)15-7-5-4-6-8-15/h4-5,7,9-11H,6,8H2,1-3H3. The van der Waals surface area contributed by atoms with Crippen LogP contribution >= 0.6 is 0 Å². The summed E-state index contributed by atoms with van der Waals surface area (Å²) in [6.07, 6.45) is 9.95. The summed E-state index contributed by atoms with van der Waals surface area (Å²) in [5.41, 5.74) is 5.29. The van der Waals surface area contributed by atoms with E-state index >= 15 is 0 Å². The maximum Gasteiger partial charge on any atom is 0.254 e. The van der Waals surface area contributed by atoms with Crippen LogP contribution in [0.4, 0.5) is 0 Å². The molecule has 0 fully saturated rings. The van der Waals surface area contributed by atoms with Crippen LogP contribution < -0.4 is 5.56 Å². The maximum absolute atomic E-state index is 12.2. The van der Waals surface area contributed by atoms with Crippen molar-refractivity contribution in [1.29, 1.82) is 0 Å². The Morgan fingerprint density at radius 1 is 1.24 bits per heavy atom. The van der Waals surface area contributed by atoms with Crippen molar-refractivity contribution in [3.63, 3.8) is 0 Å². The molecule has 0 aromatic carbocycles. The second-order valence-electron chi connectivity index (χ2n) is 5.42. The van der Waals surface area contributed by atoms with Crippen LogP contribution in [0.2, 0.25) is 0 Å². The number of rotatable bonds is 2. The van der Waals surface area contributed by atoms with E-state index in [2.05, 4.69) is 11.2 Å². The van der Waals surface area contributed by atoms with Gasteiger partial charge < -0.3 is 0 Å². The lowest BCUT2D eigenvalue weighted by Gasteiger charge is -2.13. The van der Waals surface area contributed by atoms with Gasteiger partial charge in [0.15, 0.2) is 0 Å². The first-order valence-corrected chi connectivity index (χ1v) is 7.17. The molecule has 4 nitrogen and oxygen atoms in total. The zero-order valence-electron chi connectivity index (χ0n) is 12.6. The first-order chi connectivity index (χ1) is 10.1. The summed E-state index contributed by atoms with van der Waals surface area (Å²) in [6.45, 7) is 4.05. The molecular weight excluding hydrogens is 262 g/mol. The van der Waals surface area contributed by atoms with E-state index in [4.69, 9.17) is 0 Å². The highest BCUT2D eigenvalue weighted by molar-refractivity contribution is 5.68. The Bertz CT molecular complexity index is 806. The van der Waals surface area contributed by atoms with Crippen LogP contribution in [0.25, 0.3) is 16.8 Å². The molecule has 2 aromatic rings. The topological polar surface area (TPSA) is 39.8 Å². The lowest BCUT2D eigenvalue weighted by atomic mass is 10.1. The van der Waals surface area contributed by atoms with E-state index in [1.807, 2.05) is 50.0 Å². The third kappa shape index (κ3) is 2.37. The Balaban J connectivity index is 2.16. The summed E-state index contributed by atoms with van der Waals surface area (Å²) in [4.78, 5) is 12.2. The molecule has 0 amide bonds. The van der Waals surface area contributed by atoms with Crippen LogP contribution in [0.3, 0.4) is 0 Å². The van der Waals surface area contributed by atoms with Gasteiger partial charge in [0, 0.05) is 41.8 Å². The summed E-state index contributed by atoms with van der Waals surface area (Å²) >= 11 is 0. The second kappa shape index (κ2) is 5.20. The highest BCUT2D eigenvalue weighted by Crippen LogP contribution is 2.26. The van der Waals surface area contributed by atoms with Crippen molar-refractivity contribution in [2.75, 3.05) is 0 Å². The van der Waals surface area contributed by atoms with Crippen LogP contribution in [-0.2, 0) is 7.05 Å². The Morgan fingerprint density at radius 2 is 2.05 bits per heavy atom. The lowest BCUT2D eigenvalue weighted by molar-refractivity contribution is 0.731. The molecule has 0 atom stereocenters. The first kappa shape index (κ1) is 13.6. The van der Waals surface area contributed by atoms with E-state index in [1.165, 1.54) is 0 Å². The number of aromatic nitrogens is 3. The van der Waals surface area contributed by atoms with Gasteiger partial charge in [-0.1, -0.05) is 12.2 Å². The van der Waals surface area contributed by atoms with Crippen LogP contribution in [0, 0.1) is 13.8 Å². The normalized spacial score (nSPS) is 14.3. The largest absolute Gasteiger partial charge is 0.287 e. The third-order valence-electron chi connectivity index (χ3n) is 4.01. The smallest absolute Gasteiger partial charge is 0.254 e. The van der Waals surface area contributed by atoms with Crippen molar-refractivity contribution in [3.05, 3.63) is 58.3 Å². The van der Waals surface area contributed by atoms with Gasteiger partial charge in [0.1, 0.15) is 0 Å². The van der Waals surface area contributed by atoms with Crippen LogP contribution in [0.1, 0.15) is 24.2 Å². The van der Waals surface area contributed by atoms with Crippen molar-refractivity contribution in [3.8, 4) is 11.1 Å². The molecule has 108 valence electrons. The van der Waals surface area contributed by atoms with Crippen molar-refractivity contribution < 1.29 is 0 Å². The minimum Gasteiger partial charge on any atom is -0.287 e. The van der Waals surface area contributed by atoms with Crippen molar-refractivity contribution in [1.82, 2.24) is 14.3 Å². The maximum atomic E-state index is 12.2. The molecule has 21 heavy (non-hydrogen) atoms. The Hall–Kier alpha value is -2.36. The second-order valence-corrected chi connectivity index (χ2v) is 5.42. The number of allylic oxidation sites excluding steroid dienone is 4. The minimum absolute atomic E-state index is 0.0134. The van der Waals surface area contributed by atoms with Gasteiger partial charge in [0.2, 0.25) is 0 Å². The molecule has 0 spiro atoms. The molecule has 2 heterocycles. The number of hydrogen-bond donors (Lipinski definition) is 0. The molecule has 2 aromatic heterocycles. The molecule has 0 saturated carbocycles. The van der Waals surface area contributed by atoms with Gasteiger partial charge in [0.05, 0.1) is 5.69 Å². The monoisotopic (exact) mass is 281 g/mol. The molecule has 3 rings (SSSR count). The van der Waals surface area contributed by atoms with E-state index < -0.39 is 0 Å². The highest BCUT2D eigenvalue weighted by atomic mass is 16.1. The molecule has 0 saturated heterocycles. The Morgan fingerprint density at radius 3 is 2.67 bits per heavy atom. The summed E-state index contributed by atoms with van der Waals surface area (Å²) < 4.78 is 3.63. The molecule has 1 aliphatic carbocycles. The predicted molar refractivity (Wildman–Crippen MR) is 85.0 cm³/mol. The summed E-state index contributed by atoms with van der Waals surface area (Å²) in [6, 6.07) is 3.52. The van der Waals surface area contributed by atoms with Crippen LogP contribution in [0.5, 0.6) is 0 Å². The van der Waals surface area contributed by atoms with Crippen LogP contribution in [-0.4, -0.2) is 14.3 Å². The van der Waals surface area contributed by atoms with E-state index in [-0.39, 0.29) is 5.56 Å². The van der Waals surface area contributed by atoms with Gasteiger partial charge in [0.25, 0.3) is 5.56 Å². The van der Waals surface area contributed by atoms with Gasteiger partial charge in [-0.25, -0.2) is 0 Å². The fourth-order valence-electron chi connectivity index (χ4n) is 2.84. The van der Waals surface area contributed by atoms with E-state index in [9.17, 15) is 4.79 Å². The summed E-state index contributed by atoms with van der Waals surface area (Å²) in [5, 5.41) is 4.46. The molecule has 4 heteroatoms. The molecule has 1 aliphatic rings. The Kier molecular flexibility index (Phi) is 3.37. The molecule has 0 N–H and O–H groups in total. The number of hydrogen-bond acceptors (Lipinski definition) is 2. The number of pyridine rings is 1. The predicted octanol–water partition coefficient (Wildman–Crippen LogP) is 3.06. The average Bonchev–Trinajstić information content (AvgIpc) is 2.74. The minimum atomic E-state index is 0.0134. The molecule has 0 radical (unpaired) electrons. The van der Waals surface area contributed by atoms with Gasteiger partial charge in [-0.05, 0) is 38.8 Å². The van der Waals surface area contributed by atoms with Gasteiger partial charge in [-0.3, -0.25) is 14.0 Å². The zero-order chi connectivity index (χ0) is 15.0. The first-order valence-electron chi connectivity index (χ1n) is 7.17. The van der Waals surface area contributed by atoms with Gasteiger partial charge in [-0.15, -0.1) is 0 Å². The van der Waals surface area contributed by atoms with Gasteiger partial charge >= 0.3 is 0 Å². The Labute approximate surface area is 124 Å². The third-order valence-corrected chi connectivity index (χ3v) is 4.01. The average molecular weight is 281 g/mol. The van der Waals surface area contributed by atoms with E-state index in [0.717, 1.165) is 41.1 Å². The molecular formula is C17H19N3O. The molecule has 0 aliphatic heterocycles. The number of nitrogens with zero attached hydrogens (tertiary/aromatic N) is 3. The highest BCUT2D eigenvalue weighted by Gasteiger charge is 2.13. The molecule has 0 bridgehead atoms. The fraction of sp³-hybridized carbons (Fsp3) is 0.294. The van der Waals surface area contributed by atoms with E-state index in [0.29, 0.717) is 0 Å². The quantitative estimate of drug-likeness (QED) is 0.848. The summed E-state index contributed by atoms with van der Waals surface area (Å²) in [7, 11) is 1.94. The van der Waals surface area contributed by atoms with Gasteiger partial charge in [-0.2, -0.15) is 5.10 Å². The fourth-order valence-corrected chi connectivity index (χ4v) is 2.84. The van der Waals surface area contributed by atoms with Crippen LogP contribution in [0.15, 0.2) is 41.4 Å².